The standard InChI is InChI=1S/C17H16ClNO3/c18-14-8-6-13(7-9-14)10-15(17(21)22)19-16(20)11-12-4-2-1-3-5-12/h1-9,15H,10-11H2,(H,19,20)(H,21,22)/p-1. The van der Waals surface area contributed by atoms with Gasteiger partial charge in [-0.2, -0.15) is 0 Å². The van der Waals surface area contributed by atoms with Gasteiger partial charge in [0.25, 0.3) is 0 Å². The molecule has 0 saturated heterocycles. The third kappa shape index (κ3) is 4.90. The number of aliphatic carboxylic acids is 1. The highest BCUT2D eigenvalue weighted by molar-refractivity contribution is 6.30. The fraction of sp³-hybridized carbons (Fsp3) is 0.176. The summed E-state index contributed by atoms with van der Waals surface area (Å²) in [5, 5.41) is 14.3. The van der Waals surface area contributed by atoms with E-state index in [0.717, 1.165) is 11.1 Å². The molecule has 0 aromatic heterocycles. The Morgan fingerprint density at radius 1 is 1.00 bits per heavy atom. The van der Waals surface area contributed by atoms with Gasteiger partial charge >= 0.3 is 0 Å². The van der Waals surface area contributed by atoms with Crippen molar-refractivity contribution in [2.24, 2.45) is 0 Å². The molecule has 0 radical (unpaired) electrons. The van der Waals surface area contributed by atoms with Crippen LogP contribution in [0.15, 0.2) is 54.6 Å². The molecule has 2 aromatic rings. The fourth-order valence-electron chi connectivity index (χ4n) is 2.08. The van der Waals surface area contributed by atoms with Gasteiger partial charge in [-0.05, 0) is 29.7 Å². The highest BCUT2D eigenvalue weighted by Gasteiger charge is 2.14. The summed E-state index contributed by atoms with van der Waals surface area (Å²) < 4.78 is 0. The first-order valence-electron chi connectivity index (χ1n) is 6.83. The van der Waals surface area contributed by atoms with Gasteiger partial charge in [-0.3, -0.25) is 4.79 Å². The first-order valence-corrected chi connectivity index (χ1v) is 7.21. The van der Waals surface area contributed by atoms with Crippen molar-refractivity contribution in [3.63, 3.8) is 0 Å². The molecular formula is C17H15ClNO3-. The molecule has 1 amide bonds. The van der Waals surface area contributed by atoms with Crippen LogP contribution in [0.25, 0.3) is 0 Å². The molecule has 22 heavy (non-hydrogen) atoms. The smallest absolute Gasteiger partial charge is 0.224 e. The van der Waals surface area contributed by atoms with Gasteiger partial charge in [-0.25, -0.2) is 0 Å². The summed E-state index contributed by atoms with van der Waals surface area (Å²) >= 11 is 5.79. The third-order valence-corrected chi connectivity index (χ3v) is 3.43. The highest BCUT2D eigenvalue weighted by Crippen LogP contribution is 2.11. The average Bonchev–Trinajstić information content (AvgIpc) is 2.49. The van der Waals surface area contributed by atoms with Gasteiger partial charge in [0.15, 0.2) is 0 Å². The topological polar surface area (TPSA) is 69.2 Å². The first-order chi connectivity index (χ1) is 10.5. The Morgan fingerprint density at radius 2 is 1.64 bits per heavy atom. The highest BCUT2D eigenvalue weighted by atomic mass is 35.5. The number of hydrogen-bond acceptors (Lipinski definition) is 3. The van der Waals surface area contributed by atoms with Crippen LogP contribution in [0.5, 0.6) is 0 Å². The lowest BCUT2D eigenvalue weighted by atomic mass is 10.1. The zero-order chi connectivity index (χ0) is 15.9. The maximum absolute atomic E-state index is 11.9. The van der Waals surface area contributed by atoms with Crippen molar-refractivity contribution in [1.29, 1.82) is 0 Å². The molecule has 0 aliphatic heterocycles. The Morgan fingerprint density at radius 3 is 2.23 bits per heavy atom. The minimum atomic E-state index is -1.31. The fourth-order valence-corrected chi connectivity index (χ4v) is 2.20. The number of benzene rings is 2. The number of rotatable bonds is 6. The van der Waals surface area contributed by atoms with Crippen LogP contribution >= 0.6 is 11.6 Å². The van der Waals surface area contributed by atoms with Crippen molar-refractivity contribution in [3.05, 3.63) is 70.7 Å². The minimum Gasteiger partial charge on any atom is -0.548 e. The first kappa shape index (κ1) is 16.0. The van der Waals surface area contributed by atoms with Crippen LogP contribution in [-0.4, -0.2) is 17.9 Å². The number of hydrogen-bond donors (Lipinski definition) is 1. The molecule has 1 atom stereocenters. The van der Waals surface area contributed by atoms with Crippen LogP contribution in [0.3, 0.4) is 0 Å². The summed E-state index contributed by atoms with van der Waals surface area (Å²) in [5.74, 6) is -1.66. The molecule has 114 valence electrons. The summed E-state index contributed by atoms with van der Waals surface area (Å²) in [6.07, 6.45) is 0.283. The van der Waals surface area contributed by atoms with Crippen molar-refractivity contribution in [2.45, 2.75) is 18.9 Å². The van der Waals surface area contributed by atoms with Crippen LogP contribution in [0, 0.1) is 0 Å². The van der Waals surface area contributed by atoms with Gasteiger partial charge in [0, 0.05) is 5.02 Å². The van der Waals surface area contributed by atoms with E-state index < -0.39 is 12.0 Å². The lowest BCUT2D eigenvalue weighted by molar-refractivity contribution is -0.308. The predicted octanol–water partition coefficient (Wildman–Crippen LogP) is 1.36. The van der Waals surface area contributed by atoms with Crippen molar-refractivity contribution in [2.75, 3.05) is 0 Å². The summed E-state index contributed by atoms with van der Waals surface area (Å²) in [6, 6.07) is 14.9. The molecule has 0 aliphatic rings. The summed E-state index contributed by atoms with van der Waals surface area (Å²) in [5.41, 5.74) is 1.59. The lowest BCUT2D eigenvalue weighted by Crippen LogP contribution is -2.49. The van der Waals surface area contributed by atoms with Gasteiger partial charge in [0.2, 0.25) is 5.91 Å². The number of amides is 1. The van der Waals surface area contributed by atoms with Crippen LogP contribution in [0.1, 0.15) is 11.1 Å². The van der Waals surface area contributed by atoms with E-state index in [1.165, 1.54) is 0 Å². The molecule has 0 heterocycles. The van der Waals surface area contributed by atoms with Gasteiger partial charge in [0.1, 0.15) is 0 Å². The van der Waals surface area contributed by atoms with E-state index in [9.17, 15) is 14.7 Å². The molecule has 2 aromatic carbocycles. The zero-order valence-corrected chi connectivity index (χ0v) is 12.5. The van der Waals surface area contributed by atoms with E-state index in [0.29, 0.717) is 5.02 Å². The van der Waals surface area contributed by atoms with E-state index in [1.54, 1.807) is 24.3 Å². The molecule has 5 heteroatoms. The minimum absolute atomic E-state index is 0.130. The Kier molecular flexibility index (Phi) is 5.55. The van der Waals surface area contributed by atoms with Crippen LogP contribution in [0.4, 0.5) is 0 Å². The van der Waals surface area contributed by atoms with Gasteiger partial charge in [0.05, 0.1) is 18.4 Å². The largest absolute Gasteiger partial charge is 0.548 e. The van der Waals surface area contributed by atoms with Crippen molar-refractivity contribution in [1.82, 2.24) is 5.32 Å². The number of halogens is 1. The van der Waals surface area contributed by atoms with E-state index in [4.69, 9.17) is 11.6 Å². The van der Waals surface area contributed by atoms with Crippen molar-refractivity contribution in [3.8, 4) is 0 Å². The summed E-state index contributed by atoms with van der Waals surface area (Å²) in [6.45, 7) is 0. The van der Waals surface area contributed by atoms with Gasteiger partial charge in [-0.1, -0.05) is 54.1 Å². The normalized spacial score (nSPS) is 11.7. The number of carbonyl (C=O) groups is 2. The molecule has 4 nitrogen and oxygen atoms in total. The van der Waals surface area contributed by atoms with E-state index in [1.807, 2.05) is 30.3 Å². The Bertz CT molecular complexity index is 641. The SMILES string of the molecule is O=C(Cc1ccccc1)NC(Cc1ccc(Cl)cc1)C(=O)[O-]. The molecule has 0 bridgehead atoms. The molecule has 1 unspecified atom stereocenters. The Labute approximate surface area is 133 Å². The van der Waals surface area contributed by atoms with Crippen LogP contribution in [0.2, 0.25) is 5.02 Å². The molecule has 0 spiro atoms. The van der Waals surface area contributed by atoms with Crippen LogP contribution in [-0.2, 0) is 22.4 Å². The van der Waals surface area contributed by atoms with E-state index >= 15 is 0 Å². The van der Waals surface area contributed by atoms with Crippen LogP contribution < -0.4 is 10.4 Å². The van der Waals surface area contributed by atoms with Crippen molar-refractivity contribution >= 4 is 23.5 Å². The number of carboxylic acid groups (broad SMARTS) is 1. The molecule has 1 N–H and O–H groups in total. The second-order valence-corrected chi connectivity index (χ2v) is 5.37. The summed E-state index contributed by atoms with van der Waals surface area (Å²) in [7, 11) is 0. The van der Waals surface area contributed by atoms with E-state index in [-0.39, 0.29) is 18.7 Å². The molecule has 2 rings (SSSR count). The summed E-state index contributed by atoms with van der Waals surface area (Å²) in [4.78, 5) is 23.2. The van der Waals surface area contributed by atoms with E-state index in [2.05, 4.69) is 5.32 Å². The van der Waals surface area contributed by atoms with Crippen molar-refractivity contribution < 1.29 is 14.7 Å². The monoisotopic (exact) mass is 316 g/mol. The molecule has 0 fully saturated rings. The molecule has 0 saturated carbocycles. The predicted molar refractivity (Wildman–Crippen MR) is 82.2 cm³/mol. The maximum Gasteiger partial charge on any atom is 0.224 e. The number of carboxylic acids is 1. The van der Waals surface area contributed by atoms with Gasteiger partial charge < -0.3 is 15.2 Å². The molecule has 0 aliphatic carbocycles. The number of carbonyl (C=O) groups excluding carboxylic acids is 2. The maximum atomic E-state index is 11.9. The quantitative estimate of drug-likeness (QED) is 0.875. The second kappa shape index (κ2) is 7.61. The molecular weight excluding hydrogens is 302 g/mol. The Hall–Kier alpha value is -2.33. The second-order valence-electron chi connectivity index (χ2n) is 4.93. The Balaban J connectivity index is 1.98. The zero-order valence-electron chi connectivity index (χ0n) is 11.8. The van der Waals surface area contributed by atoms with Gasteiger partial charge in [-0.15, -0.1) is 0 Å². The third-order valence-electron chi connectivity index (χ3n) is 3.18. The number of nitrogens with one attached hydrogen (secondary N) is 1. The average molecular weight is 317 g/mol. The lowest BCUT2D eigenvalue weighted by Gasteiger charge is -2.20.